The molecule has 0 spiro atoms. The molecule has 0 heterocycles. The lowest BCUT2D eigenvalue weighted by atomic mass is 9.98. The molecule has 0 aliphatic heterocycles. The number of hydrogen-bond acceptors (Lipinski definition) is 3. The molecule has 0 atom stereocenters. The van der Waals surface area contributed by atoms with Gasteiger partial charge in [0.1, 0.15) is 0 Å². The standard InChI is InChI=1S/C12H12O5/c1-7-2-4-8(5-3-7)10(13)6-9(11(14)15)12(16)17/h2-5,9H,6H2,1H3,(H,14,15)(H,16,17). The summed E-state index contributed by atoms with van der Waals surface area (Å²) in [7, 11) is 0. The van der Waals surface area contributed by atoms with E-state index in [0.29, 0.717) is 5.56 Å². The van der Waals surface area contributed by atoms with Crippen LogP contribution < -0.4 is 0 Å². The van der Waals surface area contributed by atoms with Gasteiger partial charge >= 0.3 is 11.9 Å². The predicted octanol–water partition coefficient (Wildman–Crippen LogP) is 1.35. The van der Waals surface area contributed by atoms with E-state index in [-0.39, 0.29) is 0 Å². The van der Waals surface area contributed by atoms with Crippen molar-refractivity contribution in [3.63, 3.8) is 0 Å². The summed E-state index contributed by atoms with van der Waals surface area (Å²) in [6, 6.07) is 6.53. The maximum atomic E-state index is 11.6. The molecule has 0 aliphatic carbocycles. The second kappa shape index (κ2) is 5.25. The Balaban J connectivity index is 2.81. The fourth-order valence-electron chi connectivity index (χ4n) is 1.32. The first-order valence-electron chi connectivity index (χ1n) is 4.97. The molecule has 0 bridgehead atoms. The highest BCUT2D eigenvalue weighted by atomic mass is 16.4. The Bertz CT molecular complexity index is 432. The van der Waals surface area contributed by atoms with Crippen LogP contribution in [0.2, 0.25) is 0 Å². The quantitative estimate of drug-likeness (QED) is 0.594. The minimum absolute atomic E-state index is 0.322. The van der Waals surface area contributed by atoms with E-state index >= 15 is 0 Å². The molecule has 0 aromatic heterocycles. The minimum atomic E-state index is -1.69. The molecule has 0 aliphatic rings. The van der Waals surface area contributed by atoms with E-state index in [2.05, 4.69) is 0 Å². The van der Waals surface area contributed by atoms with Crippen molar-refractivity contribution < 1.29 is 24.6 Å². The van der Waals surface area contributed by atoms with Gasteiger partial charge < -0.3 is 10.2 Å². The summed E-state index contributed by atoms with van der Waals surface area (Å²) in [5.41, 5.74) is 1.29. The van der Waals surface area contributed by atoms with E-state index in [1.807, 2.05) is 6.92 Å². The highest BCUT2D eigenvalue weighted by molar-refractivity contribution is 6.03. The molecule has 17 heavy (non-hydrogen) atoms. The molecule has 0 radical (unpaired) electrons. The van der Waals surface area contributed by atoms with Crippen molar-refractivity contribution >= 4 is 17.7 Å². The van der Waals surface area contributed by atoms with Crippen LogP contribution in [0.4, 0.5) is 0 Å². The highest BCUT2D eigenvalue weighted by Gasteiger charge is 2.28. The monoisotopic (exact) mass is 236 g/mol. The van der Waals surface area contributed by atoms with Crippen molar-refractivity contribution in [1.82, 2.24) is 0 Å². The highest BCUT2D eigenvalue weighted by Crippen LogP contribution is 2.12. The summed E-state index contributed by atoms with van der Waals surface area (Å²) in [6.45, 7) is 1.85. The van der Waals surface area contributed by atoms with Gasteiger partial charge in [0.25, 0.3) is 0 Å². The van der Waals surface area contributed by atoms with Gasteiger partial charge in [-0.3, -0.25) is 14.4 Å². The molecule has 0 unspecified atom stereocenters. The van der Waals surface area contributed by atoms with E-state index in [1.54, 1.807) is 24.3 Å². The second-order valence-corrected chi connectivity index (χ2v) is 3.72. The lowest BCUT2D eigenvalue weighted by Crippen LogP contribution is -2.26. The third-order valence-electron chi connectivity index (χ3n) is 2.36. The number of aliphatic carboxylic acids is 2. The number of aryl methyl sites for hydroxylation is 1. The first-order valence-corrected chi connectivity index (χ1v) is 4.97. The van der Waals surface area contributed by atoms with Gasteiger partial charge in [-0.05, 0) is 6.92 Å². The zero-order valence-electron chi connectivity index (χ0n) is 9.21. The zero-order chi connectivity index (χ0) is 13.0. The number of hydrogen-bond donors (Lipinski definition) is 2. The van der Waals surface area contributed by atoms with Crippen LogP contribution in [-0.4, -0.2) is 27.9 Å². The van der Waals surface area contributed by atoms with Gasteiger partial charge in [-0.25, -0.2) is 0 Å². The smallest absolute Gasteiger partial charge is 0.318 e. The summed E-state index contributed by atoms with van der Waals surface area (Å²) in [4.78, 5) is 32.9. The molecule has 1 aromatic rings. The fourth-order valence-corrected chi connectivity index (χ4v) is 1.32. The molecule has 1 rings (SSSR count). The van der Waals surface area contributed by atoms with Crippen LogP contribution >= 0.6 is 0 Å². The van der Waals surface area contributed by atoms with Gasteiger partial charge in [-0.15, -0.1) is 0 Å². The van der Waals surface area contributed by atoms with Gasteiger partial charge in [-0.2, -0.15) is 0 Å². The molecule has 5 nitrogen and oxygen atoms in total. The van der Waals surface area contributed by atoms with Crippen LogP contribution in [0.1, 0.15) is 22.3 Å². The van der Waals surface area contributed by atoms with E-state index in [1.165, 1.54) is 0 Å². The Hall–Kier alpha value is -2.17. The maximum Gasteiger partial charge on any atom is 0.318 e. The lowest BCUT2D eigenvalue weighted by molar-refractivity contribution is -0.154. The Kier molecular flexibility index (Phi) is 3.98. The Morgan fingerprint density at radius 1 is 1.06 bits per heavy atom. The molecule has 0 saturated carbocycles. The van der Waals surface area contributed by atoms with E-state index in [0.717, 1.165) is 5.56 Å². The van der Waals surface area contributed by atoms with Crippen molar-refractivity contribution in [2.45, 2.75) is 13.3 Å². The summed E-state index contributed by atoms with van der Waals surface area (Å²) in [5.74, 6) is -5.18. The average Bonchev–Trinajstić information content (AvgIpc) is 2.25. The molecular formula is C12H12O5. The molecular weight excluding hydrogens is 224 g/mol. The number of carbonyl (C=O) groups excluding carboxylic acids is 1. The van der Waals surface area contributed by atoms with E-state index in [9.17, 15) is 14.4 Å². The van der Waals surface area contributed by atoms with E-state index in [4.69, 9.17) is 10.2 Å². The molecule has 0 fully saturated rings. The number of ketones is 1. The summed E-state index contributed by atoms with van der Waals surface area (Å²) in [5, 5.41) is 17.3. The lowest BCUT2D eigenvalue weighted by Gasteiger charge is -2.06. The van der Waals surface area contributed by atoms with Crippen LogP contribution in [0.25, 0.3) is 0 Å². The largest absolute Gasteiger partial charge is 0.481 e. The minimum Gasteiger partial charge on any atom is -0.481 e. The van der Waals surface area contributed by atoms with Crippen molar-refractivity contribution in [2.24, 2.45) is 5.92 Å². The van der Waals surface area contributed by atoms with Gasteiger partial charge in [-0.1, -0.05) is 29.8 Å². The molecule has 2 N–H and O–H groups in total. The summed E-state index contributed by atoms with van der Waals surface area (Å²) >= 11 is 0. The Morgan fingerprint density at radius 2 is 1.53 bits per heavy atom. The van der Waals surface area contributed by atoms with Gasteiger partial charge in [0.15, 0.2) is 11.7 Å². The van der Waals surface area contributed by atoms with Crippen LogP contribution in [0.5, 0.6) is 0 Å². The van der Waals surface area contributed by atoms with Crippen molar-refractivity contribution in [1.29, 1.82) is 0 Å². The third-order valence-corrected chi connectivity index (χ3v) is 2.36. The third kappa shape index (κ3) is 3.41. The average molecular weight is 236 g/mol. The van der Waals surface area contributed by atoms with Crippen LogP contribution in [0.3, 0.4) is 0 Å². The first-order chi connectivity index (χ1) is 7.91. The normalized spacial score (nSPS) is 10.2. The molecule has 0 amide bonds. The summed E-state index contributed by atoms with van der Waals surface area (Å²) in [6.07, 6.45) is -0.534. The summed E-state index contributed by atoms with van der Waals surface area (Å²) < 4.78 is 0. The van der Waals surface area contributed by atoms with Gasteiger partial charge in [0.2, 0.25) is 0 Å². The number of Topliss-reactive ketones (excluding diaryl/α,β-unsaturated/α-hetero) is 1. The number of carbonyl (C=O) groups is 3. The van der Waals surface area contributed by atoms with Crippen molar-refractivity contribution in [3.8, 4) is 0 Å². The van der Waals surface area contributed by atoms with Crippen LogP contribution in [-0.2, 0) is 9.59 Å². The Morgan fingerprint density at radius 3 is 1.94 bits per heavy atom. The number of rotatable bonds is 5. The number of benzene rings is 1. The molecule has 0 saturated heterocycles. The van der Waals surface area contributed by atoms with E-state index < -0.39 is 30.1 Å². The van der Waals surface area contributed by atoms with Gasteiger partial charge in [0, 0.05) is 12.0 Å². The second-order valence-electron chi connectivity index (χ2n) is 3.72. The predicted molar refractivity (Wildman–Crippen MR) is 58.9 cm³/mol. The SMILES string of the molecule is Cc1ccc(C(=O)CC(C(=O)O)C(=O)O)cc1. The molecule has 5 heteroatoms. The maximum absolute atomic E-state index is 11.6. The topological polar surface area (TPSA) is 91.7 Å². The molecule has 90 valence electrons. The molecule has 1 aromatic carbocycles. The van der Waals surface area contributed by atoms with Crippen LogP contribution in [0.15, 0.2) is 24.3 Å². The number of carboxylic acids is 2. The number of carboxylic acid groups (broad SMARTS) is 2. The van der Waals surface area contributed by atoms with Crippen LogP contribution in [0, 0.1) is 12.8 Å². The van der Waals surface area contributed by atoms with Crippen molar-refractivity contribution in [3.05, 3.63) is 35.4 Å². The van der Waals surface area contributed by atoms with Gasteiger partial charge in [0.05, 0.1) is 0 Å². The zero-order valence-corrected chi connectivity index (χ0v) is 9.21. The first kappa shape index (κ1) is 12.9. The fraction of sp³-hybridized carbons (Fsp3) is 0.250. The van der Waals surface area contributed by atoms with Crippen molar-refractivity contribution in [2.75, 3.05) is 0 Å². The Labute approximate surface area is 97.7 Å².